The molecule has 1 unspecified atom stereocenters. The van der Waals surface area contributed by atoms with Gasteiger partial charge in [0.15, 0.2) is 0 Å². The second-order valence-corrected chi connectivity index (χ2v) is 9.55. The molecule has 1 atom stereocenters. The maximum atomic E-state index is 12.5. The maximum absolute atomic E-state index is 12.5. The standard InChI is InChI=1S/C12H13F3N2O3S2.C2HF3O2/c13-12(14,15)22(18,19)17-7-11(8-17)5-9(6-21-11)20-10-3-1-2-4-16-10;3-2(4,5)1(6)7/h1-4,9H,5-8H2;(H,6,7). The quantitative estimate of drug-likeness (QED) is 0.681. The summed E-state index contributed by atoms with van der Waals surface area (Å²) in [5.74, 6) is -1.69. The second kappa shape index (κ2) is 8.18. The Morgan fingerprint density at radius 3 is 2.28 bits per heavy atom. The number of aliphatic carboxylic acids is 1. The van der Waals surface area contributed by atoms with Crippen molar-refractivity contribution >= 4 is 27.8 Å². The van der Waals surface area contributed by atoms with Crippen LogP contribution < -0.4 is 4.74 Å². The molecule has 2 aliphatic rings. The van der Waals surface area contributed by atoms with Crippen LogP contribution in [0.1, 0.15) is 6.42 Å². The SMILES string of the molecule is O=C(O)C(F)(F)F.O=S(=O)(N1CC2(CC(Oc3ccccn3)CS2)C1)C(F)(F)F. The number of aromatic nitrogens is 1. The number of hydrogen-bond acceptors (Lipinski definition) is 6. The molecule has 15 heteroatoms. The number of thioether (sulfide) groups is 1. The number of carboxylic acid groups (broad SMARTS) is 1. The number of carbonyl (C=O) groups is 1. The Morgan fingerprint density at radius 2 is 1.83 bits per heavy atom. The highest BCUT2D eigenvalue weighted by atomic mass is 32.2. The van der Waals surface area contributed by atoms with Crippen LogP contribution in [0, 0.1) is 0 Å². The van der Waals surface area contributed by atoms with Gasteiger partial charge in [-0.15, -0.1) is 11.8 Å². The van der Waals surface area contributed by atoms with E-state index in [1.54, 1.807) is 24.4 Å². The summed E-state index contributed by atoms with van der Waals surface area (Å²) in [5.41, 5.74) is -5.23. The highest BCUT2D eigenvalue weighted by Gasteiger charge is 2.60. The summed E-state index contributed by atoms with van der Waals surface area (Å²) in [5, 5.41) is 7.12. The van der Waals surface area contributed by atoms with Crippen LogP contribution in [-0.2, 0) is 14.8 Å². The molecular formula is C14H14F6N2O5S2. The lowest BCUT2D eigenvalue weighted by Crippen LogP contribution is -2.62. The number of alkyl halides is 6. The number of carboxylic acids is 1. The number of sulfonamides is 1. The zero-order chi connectivity index (χ0) is 22.1. The van der Waals surface area contributed by atoms with Crippen molar-refractivity contribution in [2.45, 2.75) is 29.0 Å². The van der Waals surface area contributed by atoms with Crippen LogP contribution in [0.5, 0.6) is 5.88 Å². The number of pyridine rings is 1. The molecule has 29 heavy (non-hydrogen) atoms. The van der Waals surface area contributed by atoms with Gasteiger partial charge in [0.1, 0.15) is 6.10 Å². The van der Waals surface area contributed by atoms with Crippen LogP contribution in [0.4, 0.5) is 26.3 Å². The third-order valence-corrected chi connectivity index (χ3v) is 7.00. The van der Waals surface area contributed by atoms with Gasteiger partial charge in [0, 0.05) is 42.3 Å². The molecule has 0 amide bonds. The zero-order valence-corrected chi connectivity index (χ0v) is 15.9. The van der Waals surface area contributed by atoms with E-state index in [-0.39, 0.29) is 19.2 Å². The largest absolute Gasteiger partial charge is 0.511 e. The molecule has 3 rings (SSSR count). The maximum Gasteiger partial charge on any atom is 0.511 e. The first-order chi connectivity index (χ1) is 13.2. The Labute approximate surface area is 165 Å². The molecule has 1 aromatic heterocycles. The number of rotatable bonds is 3. The van der Waals surface area contributed by atoms with E-state index in [4.69, 9.17) is 14.6 Å². The van der Waals surface area contributed by atoms with Gasteiger partial charge in [-0.05, 0) is 6.07 Å². The third-order valence-electron chi connectivity index (χ3n) is 3.90. The first kappa shape index (κ1) is 23.5. The minimum absolute atomic E-state index is 0.123. The number of ether oxygens (including phenoxy) is 1. The molecule has 1 spiro atoms. The predicted molar refractivity (Wildman–Crippen MR) is 88.7 cm³/mol. The lowest BCUT2D eigenvalue weighted by atomic mass is 9.95. The molecule has 2 saturated heterocycles. The molecule has 2 aliphatic heterocycles. The van der Waals surface area contributed by atoms with Crippen molar-refractivity contribution in [1.82, 2.24) is 9.29 Å². The van der Waals surface area contributed by atoms with Crippen molar-refractivity contribution in [3.8, 4) is 5.88 Å². The molecule has 0 radical (unpaired) electrons. The van der Waals surface area contributed by atoms with Gasteiger partial charge < -0.3 is 9.84 Å². The van der Waals surface area contributed by atoms with Gasteiger partial charge in [-0.1, -0.05) is 6.07 Å². The van der Waals surface area contributed by atoms with E-state index < -0.39 is 32.4 Å². The van der Waals surface area contributed by atoms with Crippen molar-refractivity contribution in [2.75, 3.05) is 18.8 Å². The molecule has 7 nitrogen and oxygen atoms in total. The van der Waals surface area contributed by atoms with E-state index in [0.29, 0.717) is 22.4 Å². The van der Waals surface area contributed by atoms with Crippen molar-refractivity contribution in [3.05, 3.63) is 24.4 Å². The van der Waals surface area contributed by atoms with Gasteiger partial charge in [-0.25, -0.2) is 18.2 Å². The van der Waals surface area contributed by atoms with Crippen molar-refractivity contribution in [2.24, 2.45) is 0 Å². The second-order valence-electron chi connectivity index (χ2n) is 6.13. The monoisotopic (exact) mass is 468 g/mol. The first-order valence-corrected chi connectivity index (χ1v) is 10.2. The van der Waals surface area contributed by atoms with Crippen molar-refractivity contribution in [1.29, 1.82) is 0 Å². The van der Waals surface area contributed by atoms with Crippen molar-refractivity contribution < 1.29 is 49.4 Å². The molecule has 0 bridgehead atoms. The smallest absolute Gasteiger partial charge is 0.475 e. The summed E-state index contributed by atoms with van der Waals surface area (Å²) in [6, 6.07) is 5.24. The fourth-order valence-corrected chi connectivity index (χ4v) is 5.41. The number of hydrogen-bond donors (Lipinski definition) is 1. The van der Waals surface area contributed by atoms with Gasteiger partial charge in [-0.3, -0.25) is 0 Å². The molecule has 0 saturated carbocycles. The molecule has 1 N–H and O–H groups in total. The summed E-state index contributed by atoms with van der Waals surface area (Å²) in [6.45, 7) is -0.247. The molecule has 164 valence electrons. The first-order valence-electron chi connectivity index (χ1n) is 7.74. The molecule has 3 heterocycles. The molecule has 0 aliphatic carbocycles. The van der Waals surface area contributed by atoms with E-state index in [2.05, 4.69) is 4.98 Å². The van der Waals surface area contributed by atoms with Crippen LogP contribution >= 0.6 is 11.8 Å². The summed E-state index contributed by atoms with van der Waals surface area (Å²) in [4.78, 5) is 12.9. The van der Waals surface area contributed by atoms with Crippen LogP contribution in [-0.4, -0.2) is 70.2 Å². The van der Waals surface area contributed by atoms with Gasteiger partial charge in [-0.2, -0.15) is 30.6 Å². The normalized spacial score (nSPS) is 21.8. The Bertz CT molecular complexity index is 825. The lowest BCUT2D eigenvalue weighted by Gasteiger charge is -2.46. The predicted octanol–water partition coefficient (Wildman–Crippen LogP) is 2.50. The minimum Gasteiger partial charge on any atom is -0.475 e. The van der Waals surface area contributed by atoms with Gasteiger partial charge >= 0.3 is 27.7 Å². The van der Waals surface area contributed by atoms with Crippen molar-refractivity contribution in [3.63, 3.8) is 0 Å². The molecule has 0 aromatic carbocycles. The highest BCUT2D eigenvalue weighted by molar-refractivity contribution is 8.01. The van der Waals surface area contributed by atoms with Crippen LogP contribution in [0.25, 0.3) is 0 Å². The highest BCUT2D eigenvalue weighted by Crippen LogP contribution is 2.48. The average molecular weight is 468 g/mol. The van der Waals surface area contributed by atoms with E-state index in [1.165, 1.54) is 11.8 Å². The number of nitrogens with zero attached hydrogens (tertiary/aromatic N) is 2. The average Bonchev–Trinajstić information content (AvgIpc) is 2.97. The summed E-state index contributed by atoms with van der Waals surface area (Å²) in [6.07, 6.45) is -3.15. The Kier molecular flexibility index (Phi) is 6.64. The summed E-state index contributed by atoms with van der Waals surface area (Å²) in [7, 11) is -5.21. The zero-order valence-electron chi connectivity index (χ0n) is 14.3. The van der Waals surface area contributed by atoms with Crippen LogP contribution in [0.3, 0.4) is 0 Å². The Morgan fingerprint density at radius 1 is 1.24 bits per heavy atom. The summed E-state index contributed by atoms with van der Waals surface area (Å²) >= 11 is 1.46. The molecule has 1 aromatic rings. The molecule has 2 fully saturated rings. The fourth-order valence-electron chi connectivity index (χ4n) is 2.60. The van der Waals surface area contributed by atoms with E-state index in [0.717, 1.165) is 0 Å². The van der Waals surface area contributed by atoms with E-state index >= 15 is 0 Å². The van der Waals surface area contributed by atoms with Gasteiger partial charge in [0.2, 0.25) is 5.88 Å². The topological polar surface area (TPSA) is 96.8 Å². The lowest BCUT2D eigenvalue weighted by molar-refractivity contribution is -0.192. The third kappa shape index (κ3) is 5.66. The number of halogens is 6. The van der Waals surface area contributed by atoms with E-state index in [1.807, 2.05) is 0 Å². The Hall–Kier alpha value is -1.74. The molecular weight excluding hydrogens is 454 g/mol. The van der Waals surface area contributed by atoms with Gasteiger partial charge in [0.25, 0.3) is 0 Å². The van der Waals surface area contributed by atoms with Gasteiger partial charge in [0.05, 0.1) is 0 Å². The minimum atomic E-state index is -5.23. The Balaban J connectivity index is 0.000000370. The fraction of sp³-hybridized carbons (Fsp3) is 0.571. The van der Waals surface area contributed by atoms with E-state index in [9.17, 15) is 34.8 Å². The van der Waals surface area contributed by atoms with Crippen LogP contribution in [0.15, 0.2) is 24.4 Å². The summed E-state index contributed by atoms with van der Waals surface area (Å²) < 4.78 is 97.4. The van der Waals surface area contributed by atoms with Crippen LogP contribution in [0.2, 0.25) is 0 Å².